The quantitative estimate of drug-likeness (QED) is 0.113. The molecule has 1 aliphatic rings. The minimum absolute atomic E-state index is 0.0375. The van der Waals surface area contributed by atoms with E-state index in [0.29, 0.717) is 6.42 Å². The van der Waals surface area contributed by atoms with Gasteiger partial charge < -0.3 is 30.3 Å². The van der Waals surface area contributed by atoms with Crippen molar-refractivity contribution in [2.75, 3.05) is 32.8 Å². The molecule has 1 saturated heterocycles. The Morgan fingerprint density at radius 1 is 1.07 bits per heavy atom. The third kappa shape index (κ3) is 7.20. The highest BCUT2D eigenvalue weighted by molar-refractivity contribution is 6.31. The zero-order chi connectivity index (χ0) is 33.8. The first-order valence-electron chi connectivity index (χ1n) is 14.6. The number of nitrogens with one attached hydrogen (secondary N) is 3. The van der Waals surface area contributed by atoms with Crippen LogP contribution >= 0.6 is 23.2 Å². The second-order valence-electron chi connectivity index (χ2n) is 12.3. The summed E-state index contributed by atoms with van der Waals surface area (Å²) in [5.74, 6) is -3.64. The number of amides is 1. The van der Waals surface area contributed by atoms with Crippen LogP contribution < -0.4 is 15.4 Å². The lowest BCUT2D eigenvalue weighted by atomic mass is 9.62. The monoisotopic (exact) mass is 675 g/mol. The lowest BCUT2D eigenvalue weighted by molar-refractivity contribution is -0.118. The SMILES string of the molecule is COCCOC(=O)c1ccc(NC(=O)[C@@H]2N[C@@H](CC(C)(C)C)[C@](C=N)(c3ccc(Cl)cc3F)[C@H]2c2cccc(Cl)c2F)c(OC)c1. The van der Waals surface area contributed by atoms with Crippen molar-refractivity contribution in [2.24, 2.45) is 5.41 Å². The summed E-state index contributed by atoms with van der Waals surface area (Å²) in [6, 6.07) is 11.0. The van der Waals surface area contributed by atoms with Gasteiger partial charge in [-0.15, -0.1) is 0 Å². The van der Waals surface area contributed by atoms with Crippen molar-refractivity contribution < 1.29 is 32.6 Å². The second kappa shape index (κ2) is 14.5. The topological polar surface area (TPSA) is 110 Å². The standard InChI is InChI=1S/C34H37Cl2F2N3O5/c1-33(2,3)17-27-34(18-39,22-11-10-20(35)16-24(22)37)28(21-7-6-8-23(36)29(21)38)30(41-27)31(42)40-25-12-9-19(15-26(25)45-5)32(43)46-14-13-44-4/h6-12,15-16,18,27-28,30,39,41H,13-14,17H2,1-5H3,(H,40,42)/t27-,28-,30+,34-/m0/s1. The molecular weight excluding hydrogens is 639 g/mol. The zero-order valence-electron chi connectivity index (χ0n) is 26.2. The van der Waals surface area contributed by atoms with Gasteiger partial charge in [-0.2, -0.15) is 0 Å². The van der Waals surface area contributed by atoms with Crippen LogP contribution in [0.1, 0.15) is 54.6 Å². The van der Waals surface area contributed by atoms with Crippen LogP contribution in [0, 0.1) is 22.5 Å². The molecule has 0 spiro atoms. The summed E-state index contributed by atoms with van der Waals surface area (Å²) in [6.07, 6.45) is 1.47. The van der Waals surface area contributed by atoms with E-state index in [0.717, 1.165) is 12.3 Å². The highest BCUT2D eigenvalue weighted by Crippen LogP contribution is 2.52. The molecule has 4 atom stereocenters. The van der Waals surface area contributed by atoms with Crippen LogP contribution in [0.3, 0.4) is 0 Å². The Morgan fingerprint density at radius 2 is 1.80 bits per heavy atom. The van der Waals surface area contributed by atoms with Gasteiger partial charge in [0.05, 0.1) is 41.4 Å². The van der Waals surface area contributed by atoms with E-state index in [4.69, 9.17) is 42.8 Å². The summed E-state index contributed by atoms with van der Waals surface area (Å²) in [5, 5.41) is 14.9. The molecule has 1 aliphatic heterocycles. The number of carbonyl (C=O) groups excluding carboxylic acids is 2. The van der Waals surface area contributed by atoms with Crippen LogP contribution in [-0.2, 0) is 19.7 Å². The van der Waals surface area contributed by atoms with Crippen LogP contribution in [0.4, 0.5) is 14.5 Å². The van der Waals surface area contributed by atoms with Crippen LogP contribution in [0.15, 0.2) is 54.6 Å². The van der Waals surface area contributed by atoms with E-state index in [9.17, 15) is 9.59 Å². The fraction of sp³-hybridized carbons (Fsp3) is 0.382. The highest BCUT2D eigenvalue weighted by Gasteiger charge is 2.59. The van der Waals surface area contributed by atoms with Crippen LogP contribution in [0.2, 0.25) is 10.0 Å². The maximum atomic E-state index is 15.9. The first kappa shape index (κ1) is 35.3. The fourth-order valence-corrected chi connectivity index (χ4v) is 6.45. The minimum Gasteiger partial charge on any atom is -0.495 e. The second-order valence-corrected chi connectivity index (χ2v) is 13.2. The van der Waals surface area contributed by atoms with Gasteiger partial charge in [-0.1, -0.05) is 62.2 Å². The Morgan fingerprint density at radius 3 is 2.43 bits per heavy atom. The number of esters is 1. The third-order valence-corrected chi connectivity index (χ3v) is 8.60. The summed E-state index contributed by atoms with van der Waals surface area (Å²) in [5.41, 5.74) is -1.36. The maximum absolute atomic E-state index is 15.9. The fourth-order valence-electron chi connectivity index (χ4n) is 6.11. The summed E-state index contributed by atoms with van der Waals surface area (Å²) in [7, 11) is 2.87. The van der Waals surface area contributed by atoms with Crippen LogP contribution in [-0.4, -0.2) is 57.6 Å². The molecule has 246 valence electrons. The third-order valence-electron chi connectivity index (χ3n) is 8.07. The van der Waals surface area contributed by atoms with Gasteiger partial charge in [0, 0.05) is 35.9 Å². The molecule has 0 bridgehead atoms. The number of halogens is 4. The molecular formula is C34H37Cl2F2N3O5. The van der Waals surface area contributed by atoms with Crippen LogP contribution in [0.5, 0.6) is 5.75 Å². The lowest BCUT2D eigenvalue weighted by Crippen LogP contribution is -2.46. The Bertz CT molecular complexity index is 1620. The average molecular weight is 677 g/mol. The largest absolute Gasteiger partial charge is 0.495 e. The Labute approximate surface area is 277 Å². The molecule has 0 unspecified atom stereocenters. The molecule has 0 aromatic heterocycles. The predicted octanol–water partition coefficient (Wildman–Crippen LogP) is 7.17. The minimum atomic E-state index is -1.55. The Kier molecular flexibility index (Phi) is 11.1. The summed E-state index contributed by atoms with van der Waals surface area (Å²) in [6.45, 7) is 6.24. The van der Waals surface area contributed by atoms with E-state index in [-0.39, 0.29) is 56.8 Å². The van der Waals surface area contributed by atoms with E-state index in [1.54, 1.807) is 6.07 Å². The van der Waals surface area contributed by atoms with Gasteiger partial charge >= 0.3 is 5.97 Å². The number of benzene rings is 3. The molecule has 12 heteroatoms. The van der Waals surface area contributed by atoms with E-state index in [2.05, 4.69) is 10.6 Å². The summed E-state index contributed by atoms with van der Waals surface area (Å²) in [4.78, 5) is 26.8. The molecule has 4 rings (SSSR count). The van der Waals surface area contributed by atoms with Crippen molar-refractivity contribution in [3.05, 3.63) is 93.0 Å². The molecule has 0 saturated carbocycles. The van der Waals surface area contributed by atoms with Crippen molar-refractivity contribution in [2.45, 2.75) is 50.6 Å². The van der Waals surface area contributed by atoms with Crippen molar-refractivity contribution >= 4 is 47.0 Å². The predicted molar refractivity (Wildman–Crippen MR) is 175 cm³/mol. The first-order valence-corrected chi connectivity index (χ1v) is 15.3. The number of anilines is 1. The summed E-state index contributed by atoms with van der Waals surface area (Å²) >= 11 is 12.4. The molecule has 3 aromatic rings. The van der Waals surface area contributed by atoms with E-state index >= 15 is 8.78 Å². The molecule has 3 N–H and O–H groups in total. The zero-order valence-corrected chi connectivity index (χ0v) is 27.7. The van der Waals surface area contributed by atoms with Crippen molar-refractivity contribution in [3.8, 4) is 5.75 Å². The molecule has 1 heterocycles. The number of hydrogen-bond acceptors (Lipinski definition) is 7. The van der Waals surface area contributed by atoms with Gasteiger partial charge in [0.25, 0.3) is 0 Å². The number of rotatable bonds is 11. The smallest absolute Gasteiger partial charge is 0.338 e. The van der Waals surface area contributed by atoms with Crippen LogP contribution in [0.25, 0.3) is 0 Å². The van der Waals surface area contributed by atoms with Gasteiger partial charge in [0.15, 0.2) is 0 Å². The van der Waals surface area contributed by atoms with Crippen molar-refractivity contribution in [1.29, 1.82) is 5.41 Å². The molecule has 1 fully saturated rings. The van der Waals surface area contributed by atoms with Gasteiger partial charge in [-0.25, -0.2) is 13.6 Å². The van der Waals surface area contributed by atoms with Crippen molar-refractivity contribution in [1.82, 2.24) is 5.32 Å². The molecule has 46 heavy (non-hydrogen) atoms. The maximum Gasteiger partial charge on any atom is 0.338 e. The lowest BCUT2D eigenvalue weighted by Gasteiger charge is -2.40. The molecule has 3 aromatic carbocycles. The van der Waals surface area contributed by atoms with E-state index in [1.165, 1.54) is 56.7 Å². The number of ether oxygens (including phenoxy) is 3. The normalized spacial score (nSPS) is 21.1. The number of carbonyl (C=O) groups is 2. The number of methoxy groups -OCH3 is 2. The van der Waals surface area contributed by atoms with E-state index in [1.807, 2.05) is 20.8 Å². The molecule has 1 amide bonds. The summed E-state index contributed by atoms with van der Waals surface area (Å²) < 4.78 is 47.4. The number of hydrogen-bond donors (Lipinski definition) is 3. The Hall–Kier alpha value is -3.57. The molecule has 8 nitrogen and oxygen atoms in total. The van der Waals surface area contributed by atoms with E-state index < -0.39 is 46.9 Å². The molecule has 0 radical (unpaired) electrons. The van der Waals surface area contributed by atoms with Gasteiger partial charge in [0.1, 0.15) is 24.0 Å². The Balaban J connectivity index is 1.85. The highest BCUT2D eigenvalue weighted by atomic mass is 35.5. The molecule has 0 aliphatic carbocycles. The average Bonchev–Trinajstić information content (AvgIpc) is 3.31. The first-order chi connectivity index (χ1) is 21.8. The van der Waals surface area contributed by atoms with Gasteiger partial charge in [-0.3, -0.25) is 4.79 Å². The van der Waals surface area contributed by atoms with Gasteiger partial charge in [-0.05, 0) is 53.8 Å². The van der Waals surface area contributed by atoms with Crippen molar-refractivity contribution in [3.63, 3.8) is 0 Å². The van der Waals surface area contributed by atoms with Gasteiger partial charge in [0.2, 0.25) is 5.91 Å².